The highest BCUT2D eigenvalue weighted by molar-refractivity contribution is 5.94. The van der Waals surface area contributed by atoms with Gasteiger partial charge in [0.25, 0.3) is 5.91 Å². The van der Waals surface area contributed by atoms with Crippen LogP contribution in [-0.2, 0) is 11.3 Å². The molecule has 6 nitrogen and oxygen atoms in total. The Labute approximate surface area is 134 Å². The highest BCUT2D eigenvalue weighted by Gasteiger charge is 2.09. The summed E-state index contributed by atoms with van der Waals surface area (Å²) in [6, 6.07) is 10.0. The Kier molecular flexibility index (Phi) is 5.68. The van der Waals surface area contributed by atoms with E-state index in [2.05, 4.69) is 15.0 Å². The van der Waals surface area contributed by atoms with Crippen LogP contribution in [-0.4, -0.2) is 30.6 Å². The van der Waals surface area contributed by atoms with Gasteiger partial charge in [-0.1, -0.05) is 0 Å². The molecule has 0 saturated carbocycles. The molecule has 1 N–H and O–H groups in total. The summed E-state index contributed by atoms with van der Waals surface area (Å²) in [6.45, 7) is 2.70. The molecule has 0 aliphatic heterocycles. The molecule has 0 unspecified atom stereocenters. The molecule has 0 radical (unpaired) electrons. The van der Waals surface area contributed by atoms with Gasteiger partial charge >= 0.3 is 5.97 Å². The van der Waals surface area contributed by atoms with Crippen molar-refractivity contribution in [3.8, 4) is 5.75 Å². The highest BCUT2D eigenvalue weighted by atomic mass is 16.5. The van der Waals surface area contributed by atoms with E-state index in [1.807, 2.05) is 6.92 Å². The number of nitrogens with zero attached hydrogens (tertiary/aromatic N) is 1. The van der Waals surface area contributed by atoms with Gasteiger partial charge in [-0.05, 0) is 43.3 Å². The molecule has 2 rings (SSSR count). The quantitative estimate of drug-likeness (QED) is 0.827. The van der Waals surface area contributed by atoms with Gasteiger partial charge in [-0.15, -0.1) is 0 Å². The van der Waals surface area contributed by atoms with Crippen LogP contribution in [0.1, 0.15) is 33.3 Å². The molecule has 0 atom stereocenters. The molecule has 120 valence electrons. The lowest BCUT2D eigenvalue weighted by Gasteiger charge is -2.07. The molecule has 0 aliphatic carbocycles. The van der Waals surface area contributed by atoms with Crippen LogP contribution in [0.15, 0.2) is 42.6 Å². The average Bonchev–Trinajstić information content (AvgIpc) is 2.60. The second kappa shape index (κ2) is 7.93. The van der Waals surface area contributed by atoms with Crippen molar-refractivity contribution in [1.29, 1.82) is 0 Å². The predicted molar refractivity (Wildman–Crippen MR) is 84.4 cm³/mol. The number of amides is 1. The van der Waals surface area contributed by atoms with Crippen LogP contribution in [0, 0.1) is 0 Å². The maximum atomic E-state index is 12.1. The lowest BCUT2D eigenvalue weighted by Crippen LogP contribution is -2.23. The lowest BCUT2D eigenvalue weighted by molar-refractivity contribution is 0.0600. The summed E-state index contributed by atoms with van der Waals surface area (Å²) in [5.74, 6) is 0.0568. The van der Waals surface area contributed by atoms with E-state index in [1.54, 1.807) is 36.4 Å². The number of hydrogen-bond acceptors (Lipinski definition) is 5. The van der Waals surface area contributed by atoms with Crippen molar-refractivity contribution in [1.82, 2.24) is 10.3 Å². The summed E-state index contributed by atoms with van der Waals surface area (Å²) in [7, 11) is 1.32. The van der Waals surface area contributed by atoms with Gasteiger partial charge in [0.15, 0.2) is 0 Å². The number of carbonyl (C=O) groups is 2. The van der Waals surface area contributed by atoms with E-state index in [4.69, 9.17) is 4.74 Å². The minimum absolute atomic E-state index is 0.219. The summed E-state index contributed by atoms with van der Waals surface area (Å²) in [5, 5.41) is 2.76. The number of aromatic nitrogens is 1. The second-order valence-corrected chi connectivity index (χ2v) is 4.67. The molecule has 0 bridgehead atoms. The zero-order chi connectivity index (χ0) is 16.7. The Balaban J connectivity index is 1.97. The maximum Gasteiger partial charge on any atom is 0.337 e. The van der Waals surface area contributed by atoms with Crippen LogP contribution in [0.3, 0.4) is 0 Å². The van der Waals surface area contributed by atoms with Crippen LogP contribution in [0.25, 0.3) is 0 Å². The van der Waals surface area contributed by atoms with Gasteiger partial charge in [-0.3, -0.25) is 9.78 Å². The highest BCUT2D eigenvalue weighted by Crippen LogP contribution is 2.12. The van der Waals surface area contributed by atoms with Crippen LogP contribution in [0.5, 0.6) is 5.75 Å². The normalized spacial score (nSPS) is 10.0. The minimum Gasteiger partial charge on any atom is -0.494 e. The van der Waals surface area contributed by atoms with Crippen molar-refractivity contribution in [3.05, 3.63) is 59.4 Å². The van der Waals surface area contributed by atoms with Gasteiger partial charge in [0, 0.05) is 11.8 Å². The molecule has 2 aromatic rings. The Morgan fingerprint density at radius 2 is 1.87 bits per heavy atom. The standard InChI is InChI=1S/C17H18N2O4/c1-3-23-15-6-4-12(5-7-15)16(20)19-11-14-10-13(8-9-18-14)17(21)22-2/h4-10H,3,11H2,1-2H3,(H,19,20). The maximum absolute atomic E-state index is 12.1. The number of esters is 1. The predicted octanol–water partition coefficient (Wildman–Crippen LogP) is 2.20. The molecule has 6 heteroatoms. The van der Waals surface area contributed by atoms with Gasteiger partial charge in [0.2, 0.25) is 0 Å². The number of hydrogen-bond donors (Lipinski definition) is 1. The zero-order valence-corrected chi connectivity index (χ0v) is 13.0. The molecule has 0 spiro atoms. The molecule has 0 fully saturated rings. The molecule has 1 aromatic heterocycles. The molecule has 1 heterocycles. The number of nitrogens with one attached hydrogen (secondary N) is 1. The number of rotatable bonds is 6. The van der Waals surface area contributed by atoms with E-state index in [0.29, 0.717) is 23.4 Å². The number of methoxy groups -OCH3 is 1. The first-order valence-corrected chi connectivity index (χ1v) is 7.18. The minimum atomic E-state index is -0.438. The second-order valence-electron chi connectivity index (χ2n) is 4.67. The van der Waals surface area contributed by atoms with Crippen LogP contribution in [0.2, 0.25) is 0 Å². The van der Waals surface area contributed by atoms with E-state index in [1.165, 1.54) is 13.3 Å². The first-order valence-electron chi connectivity index (χ1n) is 7.18. The van der Waals surface area contributed by atoms with Gasteiger partial charge in [0.1, 0.15) is 5.75 Å². The topological polar surface area (TPSA) is 77.5 Å². The van der Waals surface area contributed by atoms with Crippen molar-refractivity contribution < 1.29 is 19.1 Å². The zero-order valence-electron chi connectivity index (χ0n) is 13.0. The van der Waals surface area contributed by atoms with Crippen molar-refractivity contribution in [3.63, 3.8) is 0 Å². The van der Waals surface area contributed by atoms with Gasteiger partial charge in [-0.2, -0.15) is 0 Å². The Morgan fingerprint density at radius 3 is 2.52 bits per heavy atom. The number of benzene rings is 1. The van der Waals surface area contributed by atoms with Crippen LogP contribution < -0.4 is 10.1 Å². The third-order valence-electron chi connectivity index (χ3n) is 3.10. The SMILES string of the molecule is CCOc1ccc(C(=O)NCc2cc(C(=O)OC)ccn2)cc1. The fourth-order valence-corrected chi connectivity index (χ4v) is 1.96. The fourth-order valence-electron chi connectivity index (χ4n) is 1.96. The van der Waals surface area contributed by atoms with E-state index >= 15 is 0 Å². The molecule has 1 aromatic carbocycles. The first kappa shape index (κ1) is 16.5. The monoisotopic (exact) mass is 314 g/mol. The third kappa shape index (κ3) is 4.54. The Morgan fingerprint density at radius 1 is 1.13 bits per heavy atom. The van der Waals surface area contributed by atoms with Crippen LogP contribution in [0.4, 0.5) is 0 Å². The van der Waals surface area contributed by atoms with E-state index in [-0.39, 0.29) is 12.5 Å². The smallest absolute Gasteiger partial charge is 0.337 e. The summed E-state index contributed by atoms with van der Waals surface area (Å²) in [4.78, 5) is 27.7. The summed E-state index contributed by atoms with van der Waals surface area (Å²) < 4.78 is 9.98. The molecular formula is C17H18N2O4. The van der Waals surface area contributed by atoms with Crippen molar-refractivity contribution in [2.24, 2.45) is 0 Å². The van der Waals surface area contributed by atoms with Crippen molar-refractivity contribution in [2.45, 2.75) is 13.5 Å². The molecule has 23 heavy (non-hydrogen) atoms. The molecule has 1 amide bonds. The van der Waals surface area contributed by atoms with Gasteiger partial charge < -0.3 is 14.8 Å². The largest absolute Gasteiger partial charge is 0.494 e. The summed E-state index contributed by atoms with van der Waals surface area (Å²) in [5.41, 5.74) is 1.50. The van der Waals surface area contributed by atoms with E-state index < -0.39 is 5.97 Å². The van der Waals surface area contributed by atoms with E-state index in [9.17, 15) is 9.59 Å². The van der Waals surface area contributed by atoms with Crippen molar-refractivity contribution >= 4 is 11.9 Å². The number of ether oxygens (including phenoxy) is 2. The van der Waals surface area contributed by atoms with Gasteiger partial charge in [-0.25, -0.2) is 4.79 Å². The Bertz CT molecular complexity index is 683. The first-order chi connectivity index (χ1) is 11.1. The molecule has 0 aliphatic rings. The number of carbonyl (C=O) groups excluding carboxylic acids is 2. The average molecular weight is 314 g/mol. The lowest BCUT2D eigenvalue weighted by atomic mass is 10.2. The third-order valence-corrected chi connectivity index (χ3v) is 3.10. The number of pyridine rings is 1. The fraction of sp³-hybridized carbons (Fsp3) is 0.235. The Hall–Kier alpha value is -2.89. The summed E-state index contributed by atoms with van der Waals surface area (Å²) in [6.07, 6.45) is 1.50. The van der Waals surface area contributed by atoms with E-state index in [0.717, 1.165) is 5.75 Å². The van der Waals surface area contributed by atoms with Crippen molar-refractivity contribution in [2.75, 3.05) is 13.7 Å². The summed E-state index contributed by atoms with van der Waals surface area (Å²) >= 11 is 0. The van der Waals surface area contributed by atoms with Crippen LogP contribution >= 0.6 is 0 Å². The molecule has 0 saturated heterocycles. The molecular weight excluding hydrogens is 296 g/mol. The van der Waals surface area contributed by atoms with Gasteiger partial charge in [0.05, 0.1) is 31.5 Å².